The normalized spacial score (nSPS) is 17.5. The Hall–Kier alpha value is -13.3. The number of ether oxygens (including phenoxy) is 4. The smallest absolute Gasteiger partial charge is 0.276 e. The van der Waals surface area contributed by atoms with Crippen LogP contribution in [0.3, 0.4) is 0 Å². The van der Waals surface area contributed by atoms with E-state index in [0.29, 0.717) is 45.0 Å². The minimum atomic E-state index is -4.16. The number of sulfonamides is 4. The molecular weight excluding hydrogens is 1760 g/mol. The number of aliphatic hydroxyl groups excluding tert-OH is 2. The maximum Gasteiger partial charge on any atom is 0.276 e. The number of rotatable bonds is 12. The summed E-state index contributed by atoms with van der Waals surface area (Å²) >= 11 is 0. The summed E-state index contributed by atoms with van der Waals surface area (Å²) in [6.45, 7) is 18.2. The lowest BCUT2D eigenvalue weighted by Crippen LogP contribution is -2.45. The molecule has 8 heterocycles. The topological polar surface area (TPSA) is 574 Å². The molecule has 0 saturated carbocycles. The minimum absolute atomic E-state index is 0.0349. The van der Waals surface area contributed by atoms with Gasteiger partial charge in [-0.05, 0) is 154 Å². The lowest BCUT2D eigenvalue weighted by molar-refractivity contribution is 0.0999. The molecule has 0 unspecified atom stereocenters. The van der Waals surface area contributed by atoms with Crippen LogP contribution in [0.2, 0.25) is 0 Å². The summed E-state index contributed by atoms with van der Waals surface area (Å²) in [5, 5.41) is 107. The number of nitrogens with zero attached hydrogens (tertiary/aromatic N) is 8. The highest BCUT2D eigenvalue weighted by Gasteiger charge is 2.41. The molecule has 0 fully saturated rings. The second-order valence-electron chi connectivity index (χ2n) is 32.5. The van der Waals surface area contributed by atoms with E-state index in [1.165, 1.54) is 125 Å². The Bertz CT molecular complexity index is 6360. The van der Waals surface area contributed by atoms with Crippen LogP contribution >= 0.6 is 0 Å². The van der Waals surface area contributed by atoms with Gasteiger partial charge in [0.1, 0.15) is 80.6 Å². The summed E-state index contributed by atoms with van der Waals surface area (Å²) in [5.74, 6) is 17.6. The van der Waals surface area contributed by atoms with Gasteiger partial charge in [-0.15, -0.1) is 0 Å². The third-order valence-corrected chi connectivity index (χ3v) is 25.1. The molecule has 12 rings (SSSR count). The summed E-state index contributed by atoms with van der Waals surface area (Å²) in [6.07, 6.45) is 2.43. The summed E-state index contributed by atoms with van der Waals surface area (Å²) in [4.78, 5) is 51.1. The average molecular weight is 1860 g/mol. The highest BCUT2D eigenvalue weighted by Crippen LogP contribution is 2.39. The number of aromatic nitrogens is 4. The van der Waals surface area contributed by atoms with Gasteiger partial charge in [-0.1, -0.05) is 71.6 Å². The molecule has 4 aromatic carbocycles. The lowest BCUT2D eigenvalue weighted by atomic mass is 10.1. The number of hydrogen-bond acceptors (Lipinski definition) is 26. The van der Waals surface area contributed by atoms with Gasteiger partial charge in [-0.3, -0.25) is 19.2 Å². The molecule has 4 aliphatic rings. The Morgan fingerprint density at radius 1 is 0.392 bits per heavy atom. The average Bonchev–Trinajstić information content (AvgIpc) is 1.63. The van der Waals surface area contributed by atoms with Gasteiger partial charge in [0, 0.05) is 88.6 Å². The number of aliphatic hydroxyl groups is 6. The standard InChI is InChI=1S/2C22H24N4O6S.2C22H24N4O5S/c2*1-13-5-6-15(9-14(13)10-23)24-21(28)19-20-18(11-26(19)4)33(30,31)25-16(12-32-20)17(27)7-8-22(2,3)29;2*1-14-7-8-16(10-15(14)11-23)24-21(27)19-20-18(12-26(19)4)32(29,30)25-17(13-31-20)6-5-9-22(2,3)28/h2*5-6,9,11,16-17,25,27,29H,12H2,1-4H3,(H,24,28);2*7-8,10,12,17,25,28H,6,13H2,1-4H3,(H,24,27)/t16-,17+;16-,17-;2*17-/m0010/s1. The molecule has 684 valence electrons. The van der Waals surface area contributed by atoms with Crippen molar-refractivity contribution in [1.29, 1.82) is 21.0 Å². The van der Waals surface area contributed by atoms with Crippen molar-refractivity contribution >= 4 is 86.5 Å². The third kappa shape index (κ3) is 25.6. The van der Waals surface area contributed by atoms with Crippen molar-refractivity contribution in [2.45, 2.75) is 174 Å². The van der Waals surface area contributed by atoms with E-state index in [0.717, 1.165) is 22.3 Å². The zero-order chi connectivity index (χ0) is 96.5. The number of anilines is 4. The monoisotopic (exact) mass is 1860 g/mol. The van der Waals surface area contributed by atoms with Crippen LogP contribution in [0.1, 0.15) is 155 Å². The summed E-state index contributed by atoms with van der Waals surface area (Å²) in [7, 11) is -10.2. The van der Waals surface area contributed by atoms with Crippen molar-refractivity contribution in [3.63, 3.8) is 0 Å². The second kappa shape index (κ2) is 40.1. The number of carbonyl (C=O) groups is 4. The summed E-state index contributed by atoms with van der Waals surface area (Å²) < 4.78 is 141. The van der Waals surface area contributed by atoms with Gasteiger partial charge in [-0.25, -0.2) is 52.6 Å². The fraction of sp³-hybridized carbons (Fsp3) is 0.364. The Morgan fingerprint density at radius 3 is 0.838 bits per heavy atom. The van der Waals surface area contributed by atoms with E-state index < -0.39 is 123 Å². The van der Waals surface area contributed by atoms with Gasteiger partial charge in [-0.2, -0.15) is 21.0 Å². The first-order valence-corrected chi connectivity index (χ1v) is 45.4. The highest BCUT2D eigenvalue weighted by atomic mass is 32.2. The molecule has 4 amide bonds. The summed E-state index contributed by atoms with van der Waals surface area (Å²) in [5.41, 5.74) is 1.06. The largest absolute Gasteiger partial charge is 0.488 e. The molecule has 8 aromatic rings. The van der Waals surface area contributed by atoms with E-state index in [9.17, 15) is 105 Å². The first-order chi connectivity index (χ1) is 60.5. The van der Waals surface area contributed by atoms with Crippen LogP contribution in [0.4, 0.5) is 22.7 Å². The van der Waals surface area contributed by atoms with Crippen LogP contribution in [-0.2, 0) is 68.3 Å². The Kier molecular flexibility index (Phi) is 31.0. The van der Waals surface area contributed by atoms with Gasteiger partial charge in [0.25, 0.3) is 23.6 Å². The SMILES string of the molecule is Cc1ccc(NC(=O)c2c3c(cn2C)S(=O)(=O)N[C@@H](CC#CC(C)(C)O)CO3)cc1C#N.Cc1ccc(NC(=O)c2c3c(cn2C)S(=O)(=O)N[C@H](CC#CC(C)(C)O)CO3)cc1C#N.Cc1ccc(NC(=O)c2c3c(cn2C)S(=O)(=O)N[C@H]([C@@H](O)C#CC(C)(C)O)CO3)cc1C#N.Cc1ccc(NC(=O)c2c3c(cn2C)S(=O)(=O)N[C@H]([C@H](O)C#CC(C)(C)O)CO3)cc1C#N. The van der Waals surface area contributed by atoms with Gasteiger partial charge < -0.3 is 89.1 Å². The van der Waals surface area contributed by atoms with Crippen molar-refractivity contribution in [3.05, 3.63) is 165 Å². The van der Waals surface area contributed by atoms with Crippen LogP contribution in [-0.4, -0.2) is 191 Å². The molecule has 4 aliphatic heterocycles. The molecule has 4 aromatic heterocycles. The first-order valence-electron chi connectivity index (χ1n) is 39.4. The van der Waals surface area contributed by atoms with E-state index in [4.69, 9.17) is 18.9 Å². The maximum atomic E-state index is 13.0. The lowest BCUT2D eigenvalue weighted by Gasteiger charge is -2.18. The van der Waals surface area contributed by atoms with Crippen molar-refractivity contribution in [3.8, 4) is 94.6 Å². The molecule has 38 nitrogen and oxygen atoms in total. The molecule has 0 bridgehead atoms. The molecule has 0 saturated heterocycles. The fourth-order valence-corrected chi connectivity index (χ4v) is 18.3. The number of nitriles is 4. The van der Waals surface area contributed by atoms with Crippen molar-refractivity contribution in [1.82, 2.24) is 37.2 Å². The molecule has 14 N–H and O–H groups in total. The Balaban J connectivity index is 0.000000195. The number of nitrogens with one attached hydrogen (secondary N) is 8. The van der Waals surface area contributed by atoms with Crippen molar-refractivity contribution < 1.29 is 102 Å². The van der Waals surface area contributed by atoms with E-state index in [2.05, 4.69) is 99.7 Å². The number of hydrogen-bond donors (Lipinski definition) is 14. The maximum absolute atomic E-state index is 13.0. The molecule has 0 spiro atoms. The van der Waals surface area contributed by atoms with Gasteiger partial charge >= 0.3 is 0 Å². The van der Waals surface area contributed by atoms with Gasteiger partial charge in [0.05, 0.1) is 70.7 Å². The Labute approximate surface area is 752 Å². The fourth-order valence-electron chi connectivity index (χ4n) is 12.7. The number of fused-ring (bicyclic) bond motifs is 4. The van der Waals surface area contributed by atoms with E-state index in [1.54, 1.807) is 102 Å². The molecular formula is C88H96N16O22S4. The number of benzene rings is 4. The molecule has 130 heavy (non-hydrogen) atoms. The van der Waals surface area contributed by atoms with Gasteiger partial charge in [0.2, 0.25) is 40.1 Å². The van der Waals surface area contributed by atoms with E-state index in [1.807, 2.05) is 12.1 Å². The van der Waals surface area contributed by atoms with Crippen molar-refractivity contribution in [2.75, 3.05) is 47.7 Å². The molecule has 0 aliphatic carbocycles. The predicted octanol–water partition coefficient (Wildman–Crippen LogP) is 4.59. The number of amides is 4. The second-order valence-corrected chi connectivity index (χ2v) is 39.3. The minimum Gasteiger partial charge on any atom is -0.488 e. The quantitative estimate of drug-likeness (QED) is 0.0744. The van der Waals surface area contributed by atoms with Crippen LogP contribution in [0.25, 0.3) is 0 Å². The van der Waals surface area contributed by atoms with E-state index >= 15 is 0 Å². The molecule has 0 radical (unpaired) electrons. The number of carbonyl (C=O) groups excluding carboxylic acids is 4. The number of aryl methyl sites for hydroxylation is 8. The first kappa shape index (κ1) is 100. The highest BCUT2D eigenvalue weighted by molar-refractivity contribution is 7.90. The van der Waals surface area contributed by atoms with E-state index in [-0.39, 0.29) is 105 Å². The Morgan fingerprint density at radius 2 is 0.615 bits per heavy atom. The van der Waals surface area contributed by atoms with Crippen LogP contribution in [0.15, 0.2) is 117 Å². The summed E-state index contributed by atoms with van der Waals surface area (Å²) in [6, 6.07) is 24.1. The zero-order valence-corrected chi connectivity index (χ0v) is 76.6. The van der Waals surface area contributed by atoms with Crippen molar-refractivity contribution in [2.24, 2.45) is 28.2 Å². The van der Waals surface area contributed by atoms with Crippen LogP contribution < -0.4 is 59.1 Å². The predicted molar refractivity (Wildman–Crippen MR) is 473 cm³/mol. The molecule has 6 atom stereocenters. The third-order valence-electron chi connectivity index (χ3n) is 19.1. The van der Waals surface area contributed by atoms with Crippen LogP contribution in [0, 0.1) is 120 Å². The molecule has 42 heteroatoms. The zero-order valence-electron chi connectivity index (χ0n) is 73.4. The van der Waals surface area contributed by atoms with Gasteiger partial charge in [0.15, 0.2) is 45.8 Å². The van der Waals surface area contributed by atoms with Crippen LogP contribution in [0.5, 0.6) is 23.0 Å².